The highest BCUT2D eigenvalue weighted by Crippen LogP contribution is 2.12. The Morgan fingerprint density at radius 3 is 1.54 bits per heavy atom. The van der Waals surface area contributed by atoms with Gasteiger partial charge in [0.2, 0.25) is 0 Å². The van der Waals surface area contributed by atoms with Crippen LogP contribution in [-0.2, 0) is 0 Å². The maximum atomic E-state index is 4.83. The first-order valence-electron chi connectivity index (χ1n) is 5.60. The highest BCUT2D eigenvalue weighted by molar-refractivity contribution is 5.88. The molecule has 0 aliphatic rings. The maximum Gasteiger partial charge on any atom is 0.0494 e. The van der Waals surface area contributed by atoms with Crippen LogP contribution in [0, 0.1) is 11.8 Å². The van der Waals surface area contributed by atoms with E-state index in [1.807, 2.05) is 0 Å². The average Bonchev–Trinajstić information content (AvgIpc) is 2.05. The highest BCUT2D eigenvalue weighted by Gasteiger charge is 2.11. The van der Waals surface area contributed by atoms with E-state index >= 15 is 0 Å². The molecule has 0 saturated heterocycles. The van der Waals surface area contributed by atoms with Crippen LogP contribution in [0.5, 0.6) is 0 Å². The molecule has 0 fully saturated rings. The number of aliphatic imine (C=N–C) groups is 1. The minimum atomic E-state index is 0.541. The van der Waals surface area contributed by atoms with Crippen molar-refractivity contribution in [2.75, 3.05) is 0 Å². The van der Waals surface area contributed by atoms with Gasteiger partial charge < -0.3 is 0 Å². The Morgan fingerprint density at radius 2 is 1.31 bits per heavy atom. The van der Waals surface area contributed by atoms with Crippen molar-refractivity contribution in [3.63, 3.8) is 0 Å². The number of rotatable bonds is 5. The minimum Gasteiger partial charge on any atom is -0.290 e. The predicted octanol–water partition coefficient (Wildman–Crippen LogP) is 3.93. The summed E-state index contributed by atoms with van der Waals surface area (Å²) in [5.41, 5.74) is 1.38. The Bertz CT molecular complexity index is 143. The molecule has 0 N–H and O–H groups in total. The fraction of sp³-hybridized carbons (Fsp3) is 0.917. The van der Waals surface area contributed by atoms with Gasteiger partial charge in [0.15, 0.2) is 0 Å². The fourth-order valence-corrected chi connectivity index (χ4v) is 1.65. The molecule has 1 nitrogen and oxygen atoms in total. The van der Waals surface area contributed by atoms with Crippen LogP contribution in [0.15, 0.2) is 4.99 Å². The van der Waals surface area contributed by atoms with Gasteiger partial charge in [0.1, 0.15) is 0 Å². The van der Waals surface area contributed by atoms with Crippen molar-refractivity contribution < 1.29 is 0 Å². The molecule has 0 rings (SSSR count). The van der Waals surface area contributed by atoms with E-state index in [1.54, 1.807) is 0 Å². The van der Waals surface area contributed by atoms with Crippen molar-refractivity contribution in [2.24, 2.45) is 16.8 Å². The second-order valence-electron chi connectivity index (χ2n) is 4.33. The van der Waals surface area contributed by atoms with E-state index < -0.39 is 0 Å². The smallest absolute Gasteiger partial charge is 0.0494 e. The Morgan fingerprint density at radius 1 is 0.923 bits per heavy atom. The second kappa shape index (κ2) is 6.17. The molecule has 0 aromatic rings. The van der Waals surface area contributed by atoms with Crippen molar-refractivity contribution >= 4 is 5.71 Å². The third kappa shape index (κ3) is 4.44. The number of nitrogens with zero attached hydrogens (tertiary/aromatic N) is 1. The Hall–Kier alpha value is -0.330. The third-order valence-corrected chi connectivity index (χ3v) is 2.46. The van der Waals surface area contributed by atoms with Gasteiger partial charge in [-0.3, -0.25) is 4.99 Å². The molecule has 0 amide bonds. The largest absolute Gasteiger partial charge is 0.290 e. The second-order valence-corrected chi connectivity index (χ2v) is 4.33. The molecule has 0 unspecified atom stereocenters. The maximum absolute atomic E-state index is 4.83. The van der Waals surface area contributed by atoms with Crippen LogP contribution in [0.25, 0.3) is 0 Å². The van der Waals surface area contributed by atoms with E-state index in [0.717, 1.165) is 0 Å². The highest BCUT2D eigenvalue weighted by atomic mass is 14.8. The van der Waals surface area contributed by atoms with Gasteiger partial charge >= 0.3 is 0 Å². The average molecular weight is 183 g/mol. The van der Waals surface area contributed by atoms with Gasteiger partial charge in [0.25, 0.3) is 0 Å². The Kier molecular flexibility index (Phi) is 6.02. The van der Waals surface area contributed by atoms with Gasteiger partial charge in [0.05, 0.1) is 0 Å². The van der Waals surface area contributed by atoms with E-state index in [4.69, 9.17) is 4.99 Å². The molecule has 0 radical (unpaired) electrons. The quantitative estimate of drug-likeness (QED) is 0.573. The van der Waals surface area contributed by atoms with Crippen molar-refractivity contribution in [3.05, 3.63) is 0 Å². The van der Waals surface area contributed by atoms with E-state index in [1.165, 1.54) is 18.6 Å². The molecular formula is C12H25N. The summed E-state index contributed by atoms with van der Waals surface area (Å²) in [5, 5.41) is 0. The normalized spacial score (nSPS) is 11.5. The van der Waals surface area contributed by atoms with Crippen LogP contribution in [-0.4, -0.2) is 11.8 Å². The molecule has 0 aromatic heterocycles. The zero-order chi connectivity index (χ0) is 10.4. The fourth-order valence-electron chi connectivity index (χ4n) is 1.65. The molecule has 0 spiro atoms. The summed E-state index contributed by atoms with van der Waals surface area (Å²) in [6.45, 7) is 13.4. The first kappa shape index (κ1) is 12.7. The van der Waals surface area contributed by atoms with Crippen molar-refractivity contribution in [2.45, 2.75) is 60.4 Å². The molecular weight excluding hydrogens is 158 g/mol. The lowest BCUT2D eigenvalue weighted by molar-refractivity contribution is 0.613. The predicted molar refractivity (Wildman–Crippen MR) is 61.5 cm³/mol. The van der Waals surface area contributed by atoms with Crippen LogP contribution >= 0.6 is 0 Å². The standard InChI is InChI=1S/C12H25N/c1-7-11(8-2)13-12(9(3)4)10(5)6/h9-11H,7-8H2,1-6H3. The summed E-state index contributed by atoms with van der Waals surface area (Å²) >= 11 is 0. The molecule has 13 heavy (non-hydrogen) atoms. The van der Waals surface area contributed by atoms with Crippen LogP contribution in [0.3, 0.4) is 0 Å². The van der Waals surface area contributed by atoms with E-state index in [9.17, 15) is 0 Å². The van der Waals surface area contributed by atoms with Gasteiger partial charge in [-0.2, -0.15) is 0 Å². The summed E-state index contributed by atoms with van der Waals surface area (Å²) in [4.78, 5) is 4.83. The van der Waals surface area contributed by atoms with Gasteiger partial charge in [-0.15, -0.1) is 0 Å². The SMILES string of the molecule is CCC(CC)N=C(C(C)C)C(C)C. The van der Waals surface area contributed by atoms with Crippen molar-refractivity contribution in [3.8, 4) is 0 Å². The molecule has 0 aliphatic carbocycles. The van der Waals surface area contributed by atoms with Gasteiger partial charge in [0, 0.05) is 11.8 Å². The summed E-state index contributed by atoms with van der Waals surface area (Å²) in [6, 6.07) is 0.541. The summed E-state index contributed by atoms with van der Waals surface area (Å²) in [5.74, 6) is 1.20. The first-order chi connectivity index (χ1) is 6.02. The zero-order valence-corrected chi connectivity index (χ0v) is 10.1. The van der Waals surface area contributed by atoms with Gasteiger partial charge in [-0.05, 0) is 24.7 Å². The topological polar surface area (TPSA) is 12.4 Å². The molecule has 0 saturated carbocycles. The lowest BCUT2D eigenvalue weighted by Gasteiger charge is -2.17. The van der Waals surface area contributed by atoms with Crippen LogP contribution in [0.1, 0.15) is 54.4 Å². The number of hydrogen-bond acceptors (Lipinski definition) is 1. The molecule has 0 heterocycles. The summed E-state index contributed by atoms with van der Waals surface area (Å²) < 4.78 is 0. The van der Waals surface area contributed by atoms with E-state index in [0.29, 0.717) is 17.9 Å². The lowest BCUT2D eigenvalue weighted by Crippen LogP contribution is -2.18. The third-order valence-electron chi connectivity index (χ3n) is 2.46. The van der Waals surface area contributed by atoms with Crippen LogP contribution < -0.4 is 0 Å². The van der Waals surface area contributed by atoms with Gasteiger partial charge in [-0.25, -0.2) is 0 Å². The summed E-state index contributed by atoms with van der Waals surface area (Å²) in [6.07, 6.45) is 2.33. The van der Waals surface area contributed by atoms with Crippen LogP contribution in [0.4, 0.5) is 0 Å². The zero-order valence-electron chi connectivity index (χ0n) is 10.1. The van der Waals surface area contributed by atoms with Crippen LogP contribution in [0.2, 0.25) is 0 Å². The van der Waals surface area contributed by atoms with Gasteiger partial charge in [-0.1, -0.05) is 41.5 Å². The Labute approximate surface area is 83.6 Å². The molecule has 78 valence electrons. The summed E-state index contributed by atoms with van der Waals surface area (Å²) in [7, 11) is 0. The lowest BCUT2D eigenvalue weighted by atomic mass is 9.96. The van der Waals surface area contributed by atoms with E-state index in [-0.39, 0.29) is 0 Å². The first-order valence-corrected chi connectivity index (χ1v) is 5.60. The monoisotopic (exact) mass is 183 g/mol. The van der Waals surface area contributed by atoms with E-state index in [2.05, 4.69) is 41.5 Å². The minimum absolute atomic E-state index is 0.541. The Balaban J connectivity index is 4.50. The van der Waals surface area contributed by atoms with Crippen molar-refractivity contribution in [1.29, 1.82) is 0 Å². The molecule has 0 aromatic carbocycles. The van der Waals surface area contributed by atoms with Crippen molar-refractivity contribution in [1.82, 2.24) is 0 Å². The molecule has 0 aliphatic heterocycles. The molecule has 0 bridgehead atoms. The number of hydrogen-bond donors (Lipinski definition) is 0. The molecule has 1 heteroatoms. The molecule has 0 atom stereocenters.